The molecular weight excluding hydrogens is 448 g/mol. The Bertz CT molecular complexity index is 1220. The number of hydrogen-bond donors (Lipinski definition) is 1. The van der Waals surface area contributed by atoms with E-state index in [0.717, 1.165) is 22.6 Å². The Balaban J connectivity index is 1.50. The van der Waals surface area contributed by atoms with E-state index in [4.69, 9.17) is 11.6 Å². The highest BCUT2D eigenvalue weighted by Crippen LogP contribution is 2.27. The second-order valence-electron chi connectivity index (χ2n) is 7.84. The molecular formula is C23H25ClN4O3S. The van der Waals surface area contributed by atoms with E-state index in [9.17, 15) is 13.2 Å². The molecule has 1 fully saturated rings. The van der Waals surface area contributed by atoms with Gasteiger partial charge in [-0.15, -0.1) is 0 Å². The van der Waals surface area contributed by atoms with Crippen LogP contribution < -0.4 is 5.32 Å². The Hall–Kier alpha value is -2.68. The highest BCUT2D eigenvalue weighted by molar-refractivity contribution is 7.89. The maximum atomic E-state index is 13.1. The van der Waals surface area contributed by atoms with Gasteiger partial charge in [-0.2, -0.15) is 9.40 Å². The molecule has 0 spiro atoms. The van der Waals surface area contributed by atoms with Crippen molar-refractivity contribution in [1.82, 2.24) is 19.4 Å². The number of aromatic nitrogens is 2. The summed E-state index contributed by atoms with van der Waals surface area (Å²) in [4.78, 5) is 13.1. The van der Waals surface area contributed by atoms with Crippen LogP contribution in [-0.4, -0.2) is 41.0 Å². The van der Waals surface area contributed by atoms with Crippen molar-refractivity contribution in [3.63, 3.8) is 0 Å². The first-order valence-electron chi connectivity index (χ1n) is 10.4. The Morgan fingerprint density at radius 1 is 1.12 bits per heavy atom. The number of benzene rings is 2. The Labute approximate surface area is 193 Å². The van der Waals surface area contributed by atoms with E-state index in [2.05, 4.69) is 10.4 Å². The summed E-state index contributed by atoms with van der Waals surface area (Å²) in [5.74, 6) is -0.300. The third-order valence-electron chi connectivity index (χ3n) is 5.81. The fraction of sp³-hybridized carbons (Fsp3) is 0.304. The Morgan fingerprint density at radius 2 is 1.81 bits per heavy atom. The summed E-state index contributed by atoms with van der Waals surface area (Å²) >= 11 is 5.89. The summed E-state index contributed by atoms with van der Waals surface area (Å²) in [7, 11) is -3.78. The van der Waals surface area contributed by atoms with Crippen LogP contribution in [0.5, 0.6) is 0 Å². The van der Waals surface area contributed by atoms with E-state index >= 15 is 0 Å². The van der Waals surface area contributed by atoms with Gasteiger partial charge in [-0.3, -0.25) is 4.79 Å². The molecule has 0 radical (unpaired) electrons. The largest absolute Gasteiger partial charge is 0.350 e. The van der Waals surface area contributed by atoms with Gasteiger partial charge in [0.25, 0.3) is 0 Å². The van der Waals surface area contributed by atoms with Crippen LogP contribution in [0.25, 0.3) is 5.69 Å². The molecule has 0 saturated carbocycles. The molecule has 4 rings (SSSR count). The maximum absolute atomic E-state index is 13.1. The molecule has 3 aromatic rings. The van der Waals surface area contributed by atoms with Gasteiger partial charge in [0.2, 0.25) is 15.9 Å². The molecule has 1 atom stereocenters. The minimum absolute atomic E-state index is 0.137. The normalized spacial score (nSPS) is 16.9. The summed E-state index contributed by atoms with van der Waals surface area (Å²) in [6, 6.07) is 15.1. The van der Waals surface area contributed by atoms with Crippen LogP contribution in [-0.2, 0) is 21.4 Å². The van der Waals surface area contributed by atoms with Gasteiger partial charge in [0.1, 0.15) is 6.04 Å². The standard InChI is InChI=1S/C23H25ClN4O3S/c1-16-21(17(2)28(26-16)19-7-4-3-5-8-19)15-25-23(29)22-9-6-14-27(22)32(30,31)20-12-10-18(24)11-13-20/h3-5,7-8,10-13,22H,6,9,14-15H2,1-2H3,(H,25,29)/t22-/m0/s1. The van der Waals surface area contributed by atoms with E-state index in [-0.39, 0.29) is 17.3 Å². The molecule has 1 N–H and O–H groups in total. The van der Waals surface area contributed by atoms with Crippen molar-refractivity contribution in [3.8, 4) is 5.69 Å². The lowest BCUT2D eigenvalue weighted by atomic mass is 10.1. The Morgan fingerprint density at radius 3 is 2.50 bits per heavy atom. The second-order valence-corrected chi connectivity index (χ2v) is 10.2. The second kappa shape index (κ2) is 9.05. The van der Waals surface area contributed by atoms with Crippen LogP contribution in [0.1, 0.15) is 29.8 Å². The highest BCUT2D eigenvalue weighted by Gasteiger charge is 2.39. The molecule has 1 aliphatic rings. The quantitative estimate of drug-likeness (QED) is 0.594. The third-order valence-corrected chi connectivity index (χ3v) is 7.98. The lowest BCUT2D eigenvalue weighted by Crippen LogP contribution is -2.45. The van der Waals surface area contributed by atoms with Crippen LogP contribution in [0.2, 0.25) is 5.02 Å². The van der Waals surface area contributed by atoms with E-state index in [1.165, 1.54) is 28.6 Å². The number of nitrogens with one attached hydrogen (secondary N) is 1. The molecule has 0 unspecified atom stereocenters. The smallest absolute Gasteiger partial charge is 0.243 e. The summed E-state index contributed by atoms with van der Waals surface area (Å²) in [5.41, 5.74) is 3.63. The number of nitrogens with zero attached hydrogens (tertiary/aromatic N) is 3. The van der Waals surface area contributed by atoms with Gasteiger partial charge in [0, 0.05) is 29.4 Å². The monoisotopic (exact) mass is 472 g/mol. The topological polar surface area (TPSA) is 84.3 Å². The van der Waals surface area contributed by atoms with Crippen molar-refractivity contribution in [3.05, 3.63) is 76.6 Å². The molecule has 9 heteroatoms. The average Bonchev–Trinajstić information content (AvgIpc) is 3.39. The molecule has 32 heavy (non-hydrogen) atoms. The first-order valence-corrected chi connectivity index (χ1v) is 12.3. The van der Waals surface area contributed by atoms with Crippen molar-refractivity contribution in [2.24, 2.45) is 0 Å². The zero-order valence-corrected chi connectivity index (χ0v) is 19.5. The molecule has 0 bridgehead atoms. The average molecular weight is 473 g/mol. The van der Waals surface area contributed by atoms with Crippen LogP contribution in [0.3, 0.4) is 0 Å². The number of para-hydroxylation sites is 1. The zero-order valence-electron chi connectivity index (χ0n) is 18.0. The molecule has 1 aromatic heterocycles. The van der Waals surface area contributed by atoms with Crippen molar-refractivity contribution >= 4 is 27.5 Å². The minimum atomic E-state index is -3.78. The van der Waals surface area contributed by atoms with Crippen LogP contribution >= 0.6 is 11.6 Å². The number of hydrogen-bond acceptors (Lipinski definition) is 4. The van der Waals surface area contributed by atoms with E-state index in [1.54, 1.807) is 0 Å². The van der Waals surface area contributed by atoms with Gasteiger partial charge in [0.15, 0.2) is 0 Å². The summed E-state index contributed by atoms with van der Waals surface area (Å²) in [6.07, 6.45) is 1.12. The molecule has 2 heterocycles. The van der Waals surface area contributed by atoms with Gasteiger partial charge in [-0.1, -0.05) is 29.8 Å². The van der Waals surface area contributed by atoms with Gasteiger partial charge in [0.05, 0.1) is 16.3 Å². The number of halogens is 1. The first-order chi connectivity index (χ1) is 15.3. The van der Waals surface area contributed by atoms with Gasteiger partial charge in [-0.25, -0.2) is 13.1 Å². The fourth-order valence-electron chi connectivity index (χ4n) is 4.08. The predicted molar refractivity (Wildman–Crippen MR) is 123 cm³/mol. The van der Waals surface area contributed by atoms with Crippen molar-refractivity contribution < 1.29 is 13.2 Å². The number of rotatable bonds is 6. The number of carbonyl (C=O) groups is 1. The van der Waals surface area contributed by atoms with Crippen LogP contribution in [0.4, 0.5) is 0 Å². The molecule has 1 saturated heterocycles. The van der Waals surface area contributed by atoms with Gasteiger partial charge < -0.3 is 5.32 Å². The number of aryl methyl sites for hydroxylation is 1. The van der Waals surface area contributed by atoms with Gasteiger partial charge in [-0.05, 0) is 63.1 Å². The van der Waals surface area contributed by atoms with Crippen LogP contribution in [0, 0.1) is 13.8 Å². The number of amides is 1. The summed E-state index contributed by atoms with van der Waals surface area (Å²) < 4.78 is 29.3. The molecule has 1 aliphatic heterocycles. The van der Waals surface area contributed by atoms with Crippen molar-refractivity contribution in [2.75, 3.05) is 6.54 Å². The van der Waals surface area contributed by atoms with Crippen molar-refractivity contribution in [1.29, 1.82) is 0 Å². The lowest BCUT2D eigenvalue weighted by molar-refractivity contribution is -0.124. The van der Waals surface area contributed by atoms with E-state index < -0.39 is 16.1 Å². The maximum Gasteiger partial charge on any atom is 0.243 e. The SMILES string of the molecule is Cc1nn(-c2ccccc2)c(C)c1CNC(=O)[C@@H]1CCCN1S(=O)(=O)c1ccc(Cl)cc1. The first kappa shape index (κ1) is 22.5. The minimum Gasteiger partial charge on any atom is -0.350 e. The van der Waals surface area contributed by atoms with Gasteiger partial charge >= 0.3 is 0 Å². The molecule has 1 amide bonds. The molecule has 2 aromatic carbocycles. The zero-order chi connectivity index (χ0) is 22.9. The molecule has 0 aliphatic carbocycles. The predicted octanol–water partition coefficient (Wildman–Crippen LogP) is 3.61. The lowest BCUT2D eigenvalue weighted by Gasteiger charge is -2.23. The Kier molecular flexibility index (Phi) is 6.37. The number of carbonyl (C=O) groups excluding carboxylic acids is 1. The molecule has 168 valence electrons. The third kappa shape index (κ3) is 4.30. The fourth-order valence-corrected chi connectivity index (χ4v) is 5.86. The summed E-state index contributed by atoms with van der Waals surface area (Å²) in [6.45, 7) is 4.46. The number of sulfonamides is 1. The van der Waals surface area contributed by atoms with E-state index in [1.807, 2.05) is 48.9 Å². The van der Waals surface area contributed by atoms with Crippen molar-refractivity contribution in [2.45, 2.75) is 44.2 Å². The molecule has 7 nitrogen and oxygen atoms in total. The summed E-state index contributed by atoms with van der Waals surface area (Å²) in [5, 5.41) is 8.00. The van der Waals surface area contributed by atoms with E-state index in [0.29, 0.717) is 24.4 Å². The highest BCUT2D eigenvalue weighted by atomic mass is 35.5. The van der Waals surface area contributed by atoms with Crippen LogP contribution in [0.15, 0.2) is 59.5 Å².